The van der Waals surface area contributed by atoms with E-state index < -0.39 is 15.8 Å². The summed E-state index contributed by atoms with van der Waals surface area (Å²) >= 11 is 0. The molecule has 1 saturated heterocycles. The van der Waals surface area contributed by atoms with Crippen LogP contribution in [0.4, 0.5) is 4.39 Å². The van der Waals surface area contributed by atoms with Gasteiger partial charge in [0.15, 0.2) is 0 Å². The number of nitrogens with one attached hydrogen (secondary N) is 1. The van der Waals surface area contributed by atoms with E-state index in [2.05, 4.69) is 9.71 Å². The van der Waals surface area contributed by atoms with Crippen LogP contribution in [0.2, 0.25) is 0 Å². The Hall–Kier alpha value is -2.32. The summed E-state index contributed by atoms with van der Waals surface area (Å²) in [6.07, 6.45) is 4.53. The number of pyridine rings is 1. The van der Waals surface area contributed by atoms with Crippen LogP contribution in [-0.4, -0.2) is 43.8 Å². The number of aromatic nitrogens is 1. The minimum Gasteiger partial charge on any atom is -0.339 e. The molecular formula is C18H20FN3O3S. The lowest BCUT2D eigenvalue weighted by Crippen LogP contribution is -2.41. The minimum atomic E-state index is -3.88. The third-order valence-electron chi connectivity index (χ3n) is 4.50. The highest BCUT2D eigenvalue weighted by Crippen LogP contribution is 2.20. The summed E-state index contributed by atoms with van der Waals surface area (Å²) in [6.45, 7) is 1.34. The number of carbonyl (C=O) groups is 1. The van der Waals surface area contributed by atoms with Gasteiger partial charge in [-0.1, -0.05) is 12.1 Å². The standard InChI is InChI=1S/C18H20FN3O3S/c19-16-5-1-2-6-17(16)26(24,25)21-12-14-7-10-22(11-8-14)18(23)15-4-3-9-20-13-15/h1-6,9,13-14,21H,7-8,10-12H2. The molecule has 6 nitrogen and oxygen atoms in total. The second-order valence-electron chi connectivity index (χ2n) is 6.26. The number of carbonyl (C=O) groups excluding carboxylic acids is 1. The van der Waals surface area contributed by atoms with Gasteiger partial charge < -0.3 is 4.90 Å². The lowest BCUT2D eigenvalue weighted by atomic mass is 9.97. The van der Waals surface area contributed by atoms with Crippen LogP contribution < -0.4 is 4.72 Å². The van der Waals surface area contributed by atoms with Gasteiger partial charge in [-0.05, 0) is 43.0 Å². The molecule has 3 rings (SSSR count). The number of nitrogens with zero attached hydrogens (tertiary/aromatic N) is 2. The zero-order chi connectivity index (χ0) is 18.6. The van der Waals surface area contributed by atoms with E-state index >= 15 is 0 Å². The number of halogens is 1. The maximum atomic E-state index is 13.7. The Labute approximate surface area is 152 Å². The van der Waals surface area contributed by atoms with Gasteiger partial charge in [-0.25, -0.2) is 17.5 Å². The summed E-state index contributed by atoms with van der Waals surface area (Å²) in [4.78, 5) is 17.7. The Balaban J connectivity index is 1.53. The summed E-state index contributed by atoms with van der Waals surface area (Å²) in [6, 6.07) is 8.74. The molecule has 2 aromatic rings. The molecule has 26 heavy (non-hydrogen) atoms. The maximum absolute atomic E-state index is 13.7. The number of likely N-dealkylation sites (tertiary alicyclic amines) is 1. The first kappa shape index (κ1) is 18.5. The number of piperidine rings is 1. The van der Waals surface area contributed by atoms with Crippen LogP contribution in [0.3, 0.4) is 0 Å². The van der Waals surface area contributed by atoms with Gasteiger partial charge in [-0.2, -0.15) is 0 Å². The molecule has 1 aromatic heterocycles. The Bertz CT molecular complexity index is 866. The van der Waals surface area contributed by atoms with E-state index in [0.717, 1.165) is 6.07 Å². The van der Waals surface area contributed by atoms with E-state index in [1.807, 2.05) is 0 Å². The van der Waals surface area contributed by atoms with Crippen molar-refractivity contribution in [2.45, 2.75) is 17.7 Å². The summed E-state index contributed by atoms with van der Waals surface area (Å²) in [7, 11) is -3.88. The molecule has 0 atom stereocenters. The van der Waals surface area contributed by atoms with E-state index in [9.17, 15) is 17.6 Å². The zero-order valence-electron chi connectivity index (χ0n) is 14.1. The highest BCUT2D eigenvalue weighted by atomic mass is 32.2. The number of benzene rings is 1. The molecule has 1 N–H and O–H groups in total. The molecule has 1 aliphatic heterocycles. The minimum absolute atomic E-state index is 0.0662. The summed E-state index contributed by atoms with van der Waals surface area (Å²) in [5, 5.41) is 0. The molecule has 0 aliphatic carbocycles. The van der Waals surface area contributed by atoms with Gasteiger partial charge in [0.1, 0.15) is 10.7 Å². The normalized spacial score (nSPS) is 15.8. The van der Waals surface area contributed by atoms with Crippen molar-refractivity contribution in [2.75, 3.05) is 19.6 Å². The fraction of sp³-hybridized carbons (Fsp3) is 0.333. The number of sulfonamides is 1. The van der Waals surface area contributed by atoms with Crippen molar-refractivity contribution in [3.8, 4) is 0 Å². The van der Waals surface area contributed by atoms with Crippen LogP contribution in [0, 0.1) is 11.7 Å². The third-order valence-corrected chi connectivity index (χ3v) is 5.96. The number of amides is 1. The molecule has 0 bridgehead atoms. The SMILES string of the molecule is O=C(c1cccnc1)N1CCC(CNS(=O)(=O)c2ccccc2F)CC1. The molecule has 8 heteroatoms. The number of hydrogen-bond donors (Lipinski definition) is 1. The molecule has 0 unspecified atom stereocenters. The highest BCUT2D eigenvalue weighted by molar-refractivity contribution is 7.89. The first-order chi connectivity index (χ1) is 12.5. The lowest BCUT2D eigenvalue weighted by molar-refractivity contribution is 0.0691. The molecule has 1 amide bonds. The molecule has 2 heterocycles. The molecule has 0 saturated carbocycles. The Morgan fingerprint density at radius 3 is 2.58 bits per heavy atom. The van der Waals surface area contributed by atoms with Crippen molar-refractivity contribution < 1.29 is 17.6 Å². The van der Waals surface area contributed by atoms with Gasteiger partial charge in [0, 0.05) is 32.0 Å². The van der Waals surface area contributed by atoms with E-state index in [-0.39, 0.29) is 23.3 Å². The smallest absolute Gasteiger partial charge is 0.255 e. The van der Waals surface area contributed by atoms with Crippen LogP contribution in [0.1, 0.15) is 23.2 Å². The predicted molar refractivity (Wildman–Crippen MR) is 94.5 cm³/mol. The van der Waals surface area contributed by atoms with E-state index in [1.165, 1.54) is 24.4 Å². The van der Waals surface area contributed by atoms with Gasteiger partial charge in [0.2, 0.25) is 10.0 Å². The molecule has 1 fully saturated rings. The third kappa shape index (κ3) is 4.25. The Morgan fingerprint density at radius 1 is 1.19 bits per heavy atom. The zero-order valence-corrected chi connectivity index (χ0v) is 15.0. The van der Waals surface area contributed by atoms with Gasteiger partial charge in [0.25, 0.3) is 5.91 Å². The van der Waals surface area contributed by atoms with Crippen molar-refractivity contribution in [1.82, 2.24) is 14.6 Å². The van der Waals surface area contributed by atoms with Crippen molar-refractivity contribution in [1.29, 1.82) is 0 Å². The van der Waals surface area contributed by atoms with E-state index in [0.29, 0.717) is 31.5 Å². The second-order valence-corrected chi connectivity index (χ2v) is 7.99. The highest BCUT2D eigenvalue weighted by Gasteiger charge is 2.26. The van der Waals surface area contributed by atoms with Crippen LogP contribution in [-0.2, 0) is 10.0 Å². The summed E-state index contributed by atoms with van der Waals surface area (Å²) in [5.74, 6) is -0.727. The molecule has 1 aliphatic rings. The van der Waals surface area contributed by atoms with Crippen molar-refractivity contribution in [2.24, 2.45) is 5.92 Å². The van der Waals surface area contributed by atoms with Crippen molar-refractivity contribution in [3.05, 3.63) is 60.2 Å². The van der Waals surface area contributed by atoms with Gasteiger partial charge in [-0.15, -0.1) is 0 Å². The van der Waals surface area contributed by atoms with Crippen LogP contribution in [0.5, 0.6) is 0 Å². The molecule has 1 aromatic carbocycles. The van der Waals surface area contributed by atoms with Gasteiger partial charge in [0.05, 0.1) is 5.56 Å². The first-order valence-corrected chi connectivity index (χ1v) is 9.89. The van der Waals surface area contributed by atoms with E-state index in [1.54, 1.807) is 23.2 Å². The molecular weight excluding hydrogens is 357 g/mol. The largest absolute Gasteiger partial charge is 0.339 e. The number of rotatable bonds is 5. The van der Waals surface area contributed by atoms with Crippen molar-refractivity contribution in [3.63, 3.8) is 0 Å². The van der Waals surface area contributed by atoms with E-state index in [4.69, 9.17) is 0 Å². The Kier molecular flexibility index (Phi) is 5.63. The fourth-order valence-corrected chi connectivity index (χ4v) is 4.17. The fourth-order valence-electron chi connectivity index (χ4n) is 2.98. The predicted octanol–water partition coefficient (Wildman–Crippen LogP) is 2.05. The first-order valence-electron chi connectivity index (χ1n) is 8.41. The average molecular weight is 377 g/mol. The quantitative estimate of drug-likeness (QED) is 0.865. The average Bonchev–Trinajstić information content (AvgIpc) is 2.67. The summed E-state index contributed by atoms with van der Waals surface area (Å²) in [5.41, 5.74) is 0.547. The second kappa shape index (κ2) is 7.92. The van der Waals surface area contributed by atoms with Gasteiger partial charge in [-0.3, -0.25) is 9.78 Å². The topological polar surface area (TPSA) is 79.4 Å². The monoisotopic (exact) mass is 377 g/mol. The number of hydrogen-bond acceptors (Lipinski definition) is 4. The Morgan fingerprint density at radius 2 is 1.92 bits per heavy atom. The lowest BCUT2D eigenvalue weighted by Gasteiger charge is -2.32. The molecule has 0 spiro atoms. The van der Waals surface area contributed by atoms with Crippen molar-refractivity contribution >= 4 is 15.9 Å². The summed E-state index contributed by atoms with van der Waals surface area (Å²) < 4.78 is 40.6. The van der Waals surface area contributed by atoms with Crippen LogP contribution in [0.25, 0.3) is 0 Å². The molecule has 138 valence electrons. The molecule has 0 radical (unpaired) electrons. The van der Waals surface area contributed by atoms with Crippen LogP contribution >= 0.6 is 0 Å². The van der Waals surface area contributed by atoms with Crippen LogP contribution in [0.15, 0.2) is 53.7 Å². The van der Waals surface area contributed by atoms with Gasteiger partial charge >= 0.3 is 0 Å². The maximum Gasteiger partial charge on any atom is 0.255 e.